The van der Waals surface area contributed by atoms with Crippen molar-refractivity contribution in [2.75, 3.05) is 19.5 Å². The number of amides is 1. The van der Waals surface area contributed by atoms with Crippen LogP contribution in [0.3, 0.4) is 0 Å². The minimum absolute atomic E-state index is 0.0360. The quantitative estimate of drug-likeness (QED) is 0.587. The summed E-state index contributed by atoms with van der Waals surface area (Å²) in [5, 5.41) is 2.83. The molecule has 0 aromatic heterocycles. The molecule has 0 aliphatic heterocycles. The van der Waals surface area contributed by atoms with E-state index < -0.39 is 11.9 Å². The number of anilines is 1. The zero-order chi connectivity index (χ0) is 22.4. The first-order chi connectivity index (χ1) is 14.9. The van der Waals surface area contributed by atoms with Gasteiger partial charge in [0, 0.05) is 11.3 Å². The molecule has 7 heteroatoms. The number of carbonyl (C=O) groups excluding carboxylic acids is 3. The van der Waals surface area contributed by atoms with Gasteiger partial charge < -0.3 is 19.5 Å². The van der Waals surface area contributed by atoms with Crippen LogP contribution >= 0.6 is 0 Å². The number of ether oxygens (including phenoxy) is 3. The van der Waals surface area contributed by atoms with E-state index in [1.807, 2.05) is 25.1 Å². The summed E-state index contributed by atoms with van der Waals surface area (Å²) >= 11 is 0. The molecule has 0 saturated carbocycles. The van der Waals surface area contributed by atoms with E-state index in [4.69, 9.17) is 14.2 Å². The van der Waals surface area contributed by atoms with Crippen molar-refractivity contribution in [3.8, 4) is 11.5 Å². The lowest BCUT2D eigenvalue weighted by atomic mass is 10.1. The summed E-state index contributed by atoms with van der Waals surface area (Å²) in [6, 6.07) is 18.5. The lowest BCUT2D eigenvalue weighted by Crippen LogP contribution is -2.12. The van der Waals surface area contributed by atoms with Crippen LogP contribution in [0.15, 0.2) is 66.7 Å². The highest BCUT2D eigenvalue weighted by atomic mass is 16.5. The number of nitrogens with one attached hydrogen (secondary N) is 1. The summed E-state index contributed by atoms with van der Waals surface area (Å²) in [7, 11) is 2.45. The van der Waals surface area contributed by atoms with Crippen molar-refractivity contribution in [2.45, 2.75) is 6.92 Å². The molecule has 3 aromatic carbocycles. The van der Waals surface area contributed by atoms with Gasteiger partial charge in [-0.2, -0.15) is 0 Å². The maximum absolute atomic E-state index is 12.4. The SMILES string of the molecule is COC(=O)c1ccc(Oc2ccc(NC(=O)c3cccc(C)c3)cc2)cc1C(=O)OC. The first-order valence-corrected chi connectivity index (χ1v) is 9.38. The molecule has 7 nitrogen and oxygen atoms in total. The highest BCUT2D eigenvalue weighted by Crippen LogP contribution is 2.26. The Hall–Kier alpha value is -4.13. The molecule has 1 N–H and O–H groups in total. The Morgan fingerprint density at radius 3 is 2.03 bits per heavy atom. The van der Waals surface area contributed by atoms with Gasteiger partial charge in [0.05, 0.1) is 25.3 Å². The molecule has 31 heavy (non-hydrogen) atoms. The highest BCUT2D eigenvalue weighted by Gasteiger charge is 2.19. The van der Waals surface area contributed by atoms with Gasteiger partial charge in [0.25, 0.3) is 5.91 Å². The third kappa shape index (κ3) is 5.27. The summed E-state index contributed by atoms with van der Waals surface area (Å²) < 4.78 is 15.2. The average Bonchev–Trinajstić information content (AvgIpc) is 2.79. The highest BCUT2D eigenvalue weighted by molar-refractivity contribution is 6.04. The molecule has 0 fully saturated rings. The number of benzene rings is 3. The molecule has 0 heterocycles. The van der Waals surface area contributed by atoms with Crippen molar-refractivity contribution in [3.05, 3.63) is 89.0 Å². The van der Waals surface area contributed by atoms with Crippen LogP contribution < -0.4 is 10.1 Å². The fourth-order valence-electron chi connectivity index (χ4n) is 2.89. The van der Waals surface area contributed by atoms with Gasteiger partial charge in [-0.15, -0.1) is 0 Å². The minimum Gasteiger partial charge on any atom is -0.465 e. The van der Waals surface area contributed by atoms with Crippen molar-refractivity contribution >= 4 is 23.5 Å². The van der Waals surface area contributed by atoms with Crippen LogP contribution in [0.1, 0.15) is 36.6 Å². The number of methoxy groups -OCH3 is 2. The number of hydrogen-bond acceptors (Lipinski definition) is 6. The van der Waals surface area contributed by atoms with Crippen molar-refractivity contribution in [1.29, 1.82) is 0 Å². The normalized spacial score (nSPS) is 10.2. The first kappa shape index (κ1) is 21.6. The molecule has 0 aliphatic rings. The summed E-state index contributed by atoms with van der Waals surface area (Å²) in [6.07, 6.45) is 0. The molecule has 158 valence electrons. The van der Waals surface area contributed by atoms with Gasteiger partial charge >= 0.3 is 11.9 Å². The van der Waals surface area contributed by atoms with Crippen molar-refractivity contribution in [1.82, 2.24) is 0 Å². The van der Waals surface area contributed by atoms with Crippen LogP contribution in [-0.4, -0.2) is 32.1 Å². The molecular weight excluding hydrogens is 398 g/mol. The molecule has 3 rings (SSSR count). The van der Waals surface area contributed by atoms with Crippen molar-refractivity contribution in [3.63, 3.8) is 0 Å². The number of esters is 2. The molecule has 0 saturated heterocycles. The molecule has 3 aromatic rings. The number of rotatable bonds is 6. The van der Waals surface area contributed by atoms with E-state index in [9.17, 15) is 14.4 Å². The second-order valence-corrected chi connectivity index (χ2v) is 6.64. The van der Waals surface area contributed by atoms with Crippen LogP contribution in [-0.2, 0) is 9.47 Å². The van der Waals surface area contributed by atoms with Gasteiger partial charge in [-0.3, -0.25) is 4.79 Å². The second kappa shape index (κ2) is 9.58. The molecule has 0 atom stereocenters. The van der Waals surface area contributed by atoms with Crippen molar-refractivity contribution in [2.24, 2.45) is 0 Å². The van der Waals surface area contributed by atoms with E-state index >= 15 is 0 Å². The Morgan fingerprint density at radius 2 is 1.39 bits per heavy atom. The summed E-state index contributed by atoms with van der Waals surface area (Å²) in [5.74, 6) is -0.723. The van der Waals surface area contributed by atoms with Crippen molar-refractivity contribution < 1.29 is 28.6 Å². The predicted octanol–water partition coefficient (Wildman–Crippen LogP) is 4.61. The van der Waals surface area contributed by atoms with E-state index in [2.05, 4.69) is 5.32 Å². The van der Waals surface area contributed by atoms with Crippen LogP contribution in [0.4, 0.5) is 5.69 Å². The van der Waals surface area contributed by atoms with Gasteiger partial charge in [0.1, 0.15) is 11.5 Å². The number of carbonyl (C=O) groups is 3. The Morgan fingerprint density at radius 1 is 0.742 bits per heavy atom. The third-order valence-electron chi connectivity index (χ3n) is 4.43. The van der Waals surface area contributed by atoms with E-state index in [0.717, 1.165) is 5.56 Å². The minimum atomic E-state index is -0.681. The maximum Gasteiger partial charge on any atom is 0.338 e. The fourth-order valence-corrected chi connectivity index (χ4v) is 2.89. The average molecular weight is 419 g/mol. The van der Waals surface area contributed by atoms with E-state index in [1.54, 1.807) is 36.4 Å². The number of aryl methyl sites for hydroxylation is 1. The summed E-state index contributed by atoms with van der Waals surface area (Å²) in [4.78, 5) is 36.2. The molecular formula is C24H21NO6. The van der Waals surface area contributed by atoms with Gasteiger partial charge in [0.2, 0.25) is 0 Å². The van der Waals surface area contributed by atoms with Gasteiger partial charge in [0.15, 0.2) is 0 Å². The zero-order valence-electron chi connectivity index (χ0n) is 17.3. The van der Waals surface area contributed by atoms with Crippen LogP contribution in [0.2, 0.25) is 0 Å². The van der Waals surface area contributed by atoms with Gasteiger partial charge in [-0.25, -0.2) is 9.59 Å². The first-order valence-electron chi connectivity index (χ1n) is 9.38. The van der Waals surface area contributed by atoms with Crippen LogP contribution in [0, 0.1) is 6.92 Å². The number of hydrogen-bond donors (Lipinski definition) is 1. The topological polar surface area (TPSA) is 90.9 Å². The smallest absolute Gasteiger partial charge is 0.338 e. The lowest BCUT2D eigenvalue weighted by Gasteiger charge is -2.11. The van der Waals surface area contributed by atoms with Crippen LogP contribution in [0.25, 0.3) is 0 Å². The lowest BCUT2D eigenvalue weighted by molar-refractivity contribution is 0.0555. The molecule has 0 radical (unpaired) electrons. The third-order valence-corrected chi connectivity index (χ3v) is 4.43. The standard InChI is InChI=1S/C24H21NO6/c1-15-5-4-6-16(13-15)22(26)25-17-7-9-18(10-8-17)31-19-11-12-20(23(27)29-2)21(14-19)24(28)30-3/h4-14H,1-3H3,(H,25,26). The molecule has 0 unspecified atom stereocenters. The zero-order valence-corrected chi connectivity index (χ0v) is 17.3. The Kier molecular flexibility index (Phi) is 6.67. The van der Waals surface area contributed by atoms with Gasteiger partial charge in [-0.05, 0) is 61.5 Å². The molecule has 1 amide bonds. The van der Waals surface area contributed by atoms with Gasteiger partial charge in [-0.1, -0.05) is 17.7 Å². The Labute approximate surface area is 179 Å². The molecule has 0 aliphatic carbocycles. The van der Waals surface area contributed by atoms with Crippen LogP contribution in [0.5, 0.6) is 11.5 Å². The second-order valence-electron chi connectivity index (χ2n) is 6.64. The monoisotopic (exact) mass is 419 g/mol. The largest absolute Gasteiger partial charge is 0.465 e. The fraction of sp³-hybridized carbons (Fsp3) is 0.125. The predicted molar refractivity (Wildman–Crippen MR) is 115 cm³/mol. The van der Waals surface area contributed by atoms with E-state index in [-0.39, 0.29) is 17.0 Å². The Balaban J connectivity index is 1.74. The molecule has 0 spiro atoms. The summed E-state index contributed by atoms with van der Waals surface area (Å²) in [6.45, 7) is 1.92. The Bertz CT molecular complexity index is 1120. The maximum atomic E-state index is 12.4. The van der Waals surface area contributed by atoms with E-state index in [0.29, 0.717) is 22.7 Å². The summed E-state index contributed by atoms with van der Waals surface area (Å²) in [5.41, 5.74) is 2.29. The molecule has 0 bridgehead atoms. The van der Waals surface area contributed by atoms with E-state index in [1.165, 1.54) is 26.4 Å².